The number of carbonyl (C=O) groups is 1. The lowest BCUT2D eigenvalue weighted by atomic mass is 10.1. The highest BCUT2D eigenvalue weighted by Crippen LogP contribution is 2.26. The molecule has 0 saturated carbocycles. The van der Waals surface area contributed by atoms with E-state index in [9.17, 15) is 4.79 Å². The highest BCUT2D eigenvalue weighted by Gasteiger charge is 2.08. The minimum Gasteiger partial charge on any atom is -0.450 e. The molecule has 0 unspecified atom stereocenters. The van der Waals surface area contributed by atoms with Gasteiger partial charge in [-0.15, -0.1) is 0 Å². The first-order valence-corrected chi connectivity index (χ1v) is 9.59. The molecular formula is C22H22N6O2. The number of benzene rings is 2. The molecule has 2 aromatic carbocycles. The number of carbonyl (C=O) groups excluding carboxylic acids is 1. The largest absolute Gasteiger partial charge is 0.450 e. The summed E-state index contributed by atoms with van der Waals surface area (Å²) in [6, 6.07) is 17.5. The van der Waals surface area contributed by atoms with Crippen LogP contribution in [-0.4, -0.2) is 32.7 Å². The molecule has 0 bridgehead atoms. The number of nitrogens with zero attached hydrogens (tertiary/aromatic N) is 3. The first-order valence-electron chi connectivity index (χ1n) is 9.59. The number of anilines is 3. The Morgan fingerprint density at radius 2 is 2.00 bits per heavy atom. The molecule has 30 heavy (non-hydrogen) atoms. The normalized spacial score (nSPS) is 10.6. The van der Waals surface area contributed by atoms with Gasteiger partial charge in [0.15, 0.2) is 5.82 Å². The number of ether oxygens (including phenoxy) is 1. The molecule has 4 rings (SSSR count). The van der Waals surface area contributed by atoms with E-state index < -0.39 is 6.09 Å². The summed E-state index contributed by atoms with van der Waals surface area (Å²) in [5, 5.41) is 17.6. The summed E-state index contributed by atoms with van der Waals surface area (Å²) in [6.45, 7) is 4.06. The number of hydrogen-bond acceptors (Lipinski definition) is 5. The second kappa shape index (κ2) is 8.52. The number of amides is 1. The zero-order chi connectivity index (χ0) is 20.9. The topological polar surface area (TPSA) is 96.9 Å². The Balaban J connectivity index is 1.45. The van der Waals surface area contributed by atoms with Gasteiger partial charge in [-0.05, 0) is 61.4 Å². The first-order chi connectivity index (χ1) is 14.6. The number of aryl methyl sites for hydroxylation is 1. The van der Waals surface area contributed by atoms with Gasteiger partial charge in [-0.1, -0.05) is 12.1 Å². The van der Waals surface area contributed by atoms with E-state index >= 15 is 0 Å². The average molecular weight is 402 g/mol. The maximum atomic E-state index is 11.6. The molecule has 2 heterocycles. The molecule has 1 amide bonds. The van der Waals surface area contributed by atoms with Crippen LogP contribution in [0.1, 0.15) is 12.5 Å². The fraction of sp³-hybridized carbons (Fsp3) is 0.136. The fourth-order valence-corrected chi connectivity index (χ4v) is 3.05. The summed E-state index contributed by atoms with van der Waals surface area (Å²) in [5.41, 5.74) is 5.47. The summed E-state index contributed by atoms with van der Waals surface area (Å²) in [4.78, 5) is 11.6. The number of H-pyrrole nitrogens is 1. The van der Waals surface area contributed by atoms with Gasteiger partial charge in [-0.25, -0.2) is 9.48 Å². The lowest BCUT2D eigenvalue weighted by Crippen LogP contribution is -2.13. The summed E-state index contributed by atoms with van der Waals surface area (Å²) < 4.78 is 6.71. The SMILES string of the molecule is CCOC(=O)Nc1ccc(Nc2cc(-c3ccc(-n4cccn4)cc3)[nH]n2)c(C)c1. The second-order valence-electron chi connectivity index (χ2n) is 6.66. The van der Waals surface area contributed by atoms with Crippen LogP contribution in [0.2, 0.25) is 0 Å². The molecule has 8 nitrogen and oxygen atoms in total. The zero-order valence-corrected chi connectivity index (χ0v) is 16.7. The quantitative estimate of drug-likeness (QED) is 0.427. The highest BCUT2D eigenvalue weighted by molar-refractivity contribution is 5.85. The number of nitrogens with one attached hydrogen (secondary N) is 3. The number of aromatic nitrogens is 4. The zero-order valence-electron chi connectivity index (χ0n) is 16.7. The van der Waals surface area contributed by atoms with Crippen molar-refractivity contribution in [3.8, 4) is 16.9 Å². The molecule has 4 aromatic rings. The van der Waals surface area contributed by atoms with Gasteiger partial charge in [0.2, 0.25) is 0 Å². The van der Waals surface area contributed by atoms with Crippen molar-refractivity contribution in [3.63, 3.8) is 0 Å². The van der Waals surface area contributed by atoms with Crippen LogP contribution in [0.4, 0.5) is 22.0 Å². The minimum absolute atomic E-state index is 0.331. The predicted molar refractivity (Wildman–Crippen MR) is 116 cm³/mol. The van der Waals surface area contributed by atoms with E-state index in [0.717, 1.165) is 28.2 Å². The van der Waals surface area contributed by atoms with Gasteiger partial charge in [0, 0.05) is 29.8 Å². The molecule has 0 atom stereocenters. The molecule has 152 valence electrons. The Morgan fingerprint density at radius 3 is 2.70 bits per heavy atom. The molecule has 0 aliphatic heterocycles. The van der Waals surface area contributed by atoms with Crippen molar-refractivity contribution >= 4 is 23.3 Å². The van der Waals surface area contributed by atoms with Crippen LogP contribution in [0.3, 0.4) is 0 Å². The molecule has 0 radical (unpaired) electrons. The summed E-state index contributed by atoms with van der Waals surface area (Å²) in [5.74, 6) is 0.704. The third-order valence-corrected chi connectivity index (χ3v) is 4.54. The van der Waals surface area contributed by atoms with Crippen LogP contribution in [0.15, 0.2) is 67.0 Å². The molecular weight excluding hydrogens is 380 g/mol. The third kappa shape index (κ3) is 4.33. The van der Waals surface area contributed by atoms with Crippen molar-refractivity contribution in [2.45, 2.75) is 13.8 Å². The maximum absolute atomic E-state index is 11.6. The minimum atomic E-state index is -0.465. The van der Waals surface area contributed by atoms with E-state index in [0.29, 0.717) is 18.1 Å². The number of hydrogen-bond donors (Lipinski definition) is 3. The molecule has 2 aromatic heterocycles. The van der Waals surface area contributed by atoms with Gasteiger partial charge in [0.05, 0.1) is 18.0 Å². The number of aromatic amines is 1. The van der Waals surface area contributed by atoms with Gasteiger partial charge in [0.25, 0.3) is 0 Å². The fourth-order valence-electron chi connectivity index (χ4n) is 3.05. The summed E-state index contributed by atoms with van der Waals surface area (Å²) in [6.07, 6.45) is 3.19. The second-order valence-corrected chi connectivity index (χ2v) is 6.66. The Kier molecular flexibility index (Phi) is 5.47. The van der Waals surface area contributed by atoms with Crippen LogP contribution >= 0.6 is 0 Å². The molecule has 0 aliphatic carbocycles. The Hall–Kier alpha value is -4.07. The van der Waals surface area contributed by atoms with E-state index in [1.165, 1.54) is 0 Å². The number of rotatable bonds is 6. The van der Waals surface area contributed by atoms with Crippen LogP contribution in [-0.2, 0) is 4.74 Å². The highest BCUT2D eigenvalue weighted by atomic mass is 16.5. The molecule has 0 fully saturated rings. The van der Waals surface area contributed by atoms with Crippen LogP contribution in [0, 0.1) is 6.92 Å². The standard InChI is InChI=1S/C22H22N6O2/c1-3-30-22(29)24-17-7-10-19(15(2)13-17)25-21-14-20(26-27-21)16-5-8-18(9-6-16)28-12-4-11-23-28/h4-14H,3H2,1-2H3,(H,24,29)(H2,25,26,27). The smallest absolute Gasteiger partial charge is 0.411 e. The molecule has 0 saturated heterocycles. The van der Waals surface area contributed by atoms with Gasteiger partial charge >= 0.3 is 6.09 Å². The third-order valence-electron chi connectivity index (χ3n) is 4.54. The van der Waals surface area contributed by atoms with Crippen molar-refractivity contribution in [1.29, 1.82) is 0 Å². The van der Waals surface area contributed by atoms with E-state index in [-0.39, 0.29) is 0 Å². The average Bonchev–Trinajstić information content (AvgIpc) is 3.43. The lowest BCUT2D eigenvalue weighted by Gasteiger charge is -2.10. The molecule has 8 heteroatoms. The summed E-state index contributed by atoms with van der Waals surface area (Å²) in [7, 11) is 0. The van der Waals surface area contributed by atoms with Crippen molar-refractivity contribution < 1.29 is 9.53 Å². The maximum Gasteiger partial charge on any atom is 0.411 e. The van der Waals surface area contributed by atoms with Crippen LogP contribution in [0.25, 0.3) is 16.9 Å². The van der Waals surface area contributed by atoms with Gasteiger partial charge < -0.3 is 10.1 Å². The Bertz CT molecular complexity index is 1130. The predicted octanol–water partition coefficient (Wildman–Crippen LogP) is 4.88. The molecule has 3 N–H and O–H groups in total. The Morgan fingerprint density at radius 1 is 1.17 bits per heavy atom. The van der Waals surface area contributed by atoms with E-state index in [4.69, 9.17) is 4.74 Å². The van der Waals surface area contributed by atoms with Crippen molar-refractivity contribution in [3.05, 3.63) is 72.6 Å². The van der Waals surface area contributed by atoms with Crippen molar-refractivity contribution in [2.24, 2.45) is 0 Å². The van der Waals surface area contributed by atoms with E-state index in [1.54, 1.807) is 13.1 Å². The van der Waals surface area contributed by atoms with Gasteiger partial charge in [-0.3, -0.25) is 10.4 Å². The first kappa shape index (κ1) is 19.3. The molecule has 0 aliphatic rings. The van der Waals surface area contributed by atoms with Crippen LogP contribution in [0.5, 0.6) is 0 Å². The monoisotopic (exact) mass is 402 g/mol. The lowest BCUT2D eigenvalue weighted by molar-refractivity contribution is 0.168. The van der Waals surface area contributed by atoms with Crippen molar-refractivity contribution in [1.82, 2.24) is 20.0 Å². The van der Waals surface area contributed by atoms with Crippen molar-refractivity contribution in [2.75, 3.05) is 17.2 Å². The van der Waals surface area contributed by atoms with Gasteiger partial charge in [-0.2, -0.15) is 10.2 Å². The van der Waals surface area contributed by atoms with Crippen LogP contribution < -0.4 is 10.6 Å². The van der Waals surface area contributed by atoms with E-state index in [1.807, 2.05) is 72.4 Å². The summed E-state index contributed by atoms with van der Waals surface area (Å²) >= 11 is 0. The van der Waals surface area contributed by atoms with Gasteiger partial charge in [0.1, 0.15) is 0 Å². The van der Waals surface area contributed by atoms with E-state index in [2.05, 4.69) is 25.9 Å². The molecule has 0 spiro atoms. The Labute approximate surface area is 173 Å².